The topological polar surface area (TPSA) is 479 Å². The highest BCUT2D eigenvalue weighted by atomic mass is 16.8. The minimum atomic E-state index is -2.08. The maximum atomic E-state index is 14.6. The van der Waals surface area contributed by atoms with Crippen molar-refractivity contribution in [2.45, 2.75) is 309 Å². The summed E-state index contributed by atoms with van der Waals surface area (Å²) < 4.78 is 90.2. The third-order valence-corrected chi connectivity index (χ3v) is 24.9. The third kappa shape index (κ3) is 13.5. The number of aliphatic hydroxyl groups is 16. The Morgan fingerprint density at radius 3 is 1.48 bits per heavy atom. The zero-order valence-electron chi connectivity index (χ0n) is 57.9. The summed E-state index contributed by atoms with van der Waals surface area (Å²) in [5.41, 5.74) is -2.51. The van der Waals surface area contributed by atoms with Crippen LogP contribution in [0.2, 0.25) is 0 Å². The fourth-order valence-electron chi connectivity index (χ4n) is 19.4. The van der Waals surface area contributed by atoms with E-state index in [9.17, 15) is 86.5 Å². The van der Waals surface area contributed by atoms with Gasteiger partial charge in [-0.15, -0.1) is 0 Å². The van der Waals surface area contributed by atoms with Crippen molar-refractivity contribution in [2.24, 2.45) is 45.3 Å². The van der Waals surface area contributed by atoms with Crippen LogP contribution in [0, 0.1) is 45.3 Å². The van der Waals surface area contributed by atoms with Crippen molar-refractivity contribution >= 4 is 5.97 Å². The average Bonchev–Trinajstić information content (AvgIpc) is 1.53. The normalized spacial score (nSPS) is 52.9. The van der Waals surface area contributed by atoms with Gasteiger partial charge < -0.3 is 153 Å². The molecule has 99 heavy (non-hydrogen) atoms. The van der Waals surface area contributed by atoms with Gasteiger partial charge in [0.05, 0.1) is 51.3 Å². The second-order valence-electron chi connectivity index (χ2n) is 31.2. The predicted molar refractivity (Wildman–Crippen MR) is 332 cm³/mol. The molecule has 4 aliphatic carbocycles. The second-order valence-corrected chi connectivity index (χ2v) is 31.2. The molecule has 16 N–H and O–H groups in total. The van der Waals surface area contributed by atoms with Gasteiger partial charge in [-0.25, -0.2) is 0 Å². The first-order valence-corrected chi connectivity index (χ1v) is 35.2. The molecule has 0 radical (unpaired) electrons. The Balaban J connectivity index is 0.839. The van der Waals surface area contributed by atoms with Crippen LogP contribution in [-0.2, 0) is 75.8 Å². The van der Waals surface area contributed by atoms with E-state index in [1.807, 2.05) is 13.0 Å². The highest BCUT2D eigenvalue weighted by molar-refractivity contribution is 5.84. The third-order valence-electron chi connectivity index (χ3n) is 24.9. The molecule has 0 aromatic carbocycles. The molecule has 7 aliphatic heterocycles. The van der Waals surface area contributed by atoms with Crippen LogP contribution in [0.25, 0.3) is 0 Å². The van der Waals surface area contributed by atoms with Gasteiger partial charge >= 0.3 is 5.97 Å². The van der Waals surface area contributed by atoms with Crippen LogP contribution in [-0.4, -0.2) is 331 Å². The molecule has 2 unspecified atom stereocenters. The summed E-state index contributed by atoms with van der Waals surface area (Å²) >= 11 is 0. The van der Waals surface area contributed by atoms with Gasteiger partial charge in [0.1, 0.15) is 145 Å². The lowest BCUT2D eigenvalue weighted by molar-refractivity contribution is -0.397. The molecule has 7 heterocycles. The van der Waals surface area contributed by atoms with Crippen molar-refractivity contribution in [3.05, 3.63) is 11.6 Å². The van der Waals surface area contributed by atoms with Gasteiger partial charge in [0.15, 0.2) is 37.7 Å². The molecule has 11 aliphatic rings. The lowest BCUT2D eigenvalue weighted by Crippen LogP contribution is -2.67. The lowest BCUT2D eigenvalue weighted by atomic mass is 9.40. The summed E-state index contributed by atoms with van der Waals surface area (Å²) in [6.45, 7) is 12.6. The highest BCUT2D eigenvalue weighted by Crippen LogP contribution is 2.76. The standard InChI is InChI=1S/C67H110O32/c1-26(2)12-11-17-66(8)36-15-19-65(7)28-13-14-35-63(4,5)38(16-18-64(35,6)29(28)20-37(72)67(36,65)62(84)99-66)94-61-55(43(77)34(25-87-61)93-57-48(82)53(41(75)32(23-70)89-57)96-58-46(80)51(85-9)39(73)30(21-68)90-58)98-56-45(79)44(78)50(27(3)88-56)95-60-49(83)54(42(76)33(24-71)92-60)97-59-47(81)52(86-10)40(74)31(22-69)91-59/h20,26-28,30-61,68-83H,11-19,21-25H2,1-10H3/t27-,28?,30-,31-,32-,33-,34-,35?,36-,37+,38+,39-,40-,41-,42-,43+,44-,45-,46-,47-,48-,49-,50-,51+,52+,53+,54+,55-,56+,57+,58+,59+,60+,61+,64-,65+,66+,67+/m1/s1. The molecule has 0 bridgehead atoms. The Hall–Kier alpha value is -1.99. The Bertz CT molecular complexity index is 2740. The van der Waals surface area contributed by atoms with Gasteiger partial charge in [0, 0.05) is 20.1 Å². The fourth-order valence-corrected chi connectivity index (χ4v) is 19.4. The summed E-state index contributed by atoms with van der Waals surface area (Å²) in [6, 6.07) is 0. The van der Waals surface area contributed by atoms with Crippen LogP contribution >= 0.6 is 0 Å². The van der Waals surface area contributed by atoms with Crippen molar-refractivity contribution in [1.29, 1.82) is 0 Å². The van der Waals surface area contributed by atoms with E-state index in [-0.39, 0.29) is 23.7 Å². The first kappa shape index (κ1) is 78.1. The van der Waals surface area contributed by atoms with Crippen LogP contribution in [0.3, 0.4) is 0 Å². The van der Waals surface area contributed by atoms with Gasteiger partial charge in [-0.2, -0.15) is 0 Å². The summed E-state index contributed by atoms with van der Waals surface area (Å²) in [6.07, 6.45) is -42.5. The summed E-state index contributed by atoms with van der Waals surface area (Å²) in [7, 11) is 2.36. The Morgan fingerprint density at radius 2 is 0.980 bits per heavy atom. The number of carbonyl (C=O) groups excluding carboxylic acids is 1. The van der Waals surface area contributed by atoms with Crippen LogP contribution in [0.5, 0.6) is 0 Å². The summed E-state index contributed by atoms with van der Waals surface area (Å²) in [5.74, 6) is -0.129. The number of fused-ring (bicyclic) bond motifs is 4. The number of carbonyl (C=O) groups is 1. The smallest absolute Gasteiger partial charge is 0.316 e. The van der Waals surface area contributed by atoms with Gasteiger partial charge in [-0.3, -0.25) is 4.79 Å². The van der Waals surface area contributed by atoms with Gasteiger partial charge in [-0.1, -0.05) is 59.6 Å². The molecule has 0 aromatic heterocycles. The summed E-state index contributed by atoms with van der Waals surface area (Å²) in [4.78, 5) is 14.6. The zero-order valence-corrected chi connectivity index (χ0v) is 57.9. The molecule has 32 heteroatoms. The van der Waals surface area contributed by atoms with Gasteiger partial charge in [-0.05, 0) is 99.2 Å². The molecule has 3 saturated carbocycles. The maximum absolute atomic E-state index is 14.6. The maximum Gasteiger partial charge on any atom is 0.316 e. The van der Waals surface area contributed by atoms with Crippen molar-refractivity contribution < 1.29 is 158 Å². The average molecular weight is 1430 g/mol. The van der Waals surface area contributed by atoms with Crippen molar-refractivity contribution in [3.63, 3.8) is 0 Å². The van der Waals surface area contributed by atoms with E-state index >= 15 is 0 Å². The Morgan fingerprint density at radius 1 is 0.505 bits per heavy atom. The van der Waals surface area contributed by atoms with Crippen LogP contribution < -0.4 is 0 Å². The minimum Gasteiger partial charge on any atom is -0.459 e. The lowest BCUT2D eigenvalue weighted by Gasteiger charge is -2.64. The number of esters is 1. The van der Waals surface area contributed by atoms with Gasteiger partial charge in [0.2, 0.25) is 0 Å². The van der Waals surface area contributed by atoms with Crippen molar-refractivity contribution in [3.8, 4) is 0 Å². The molecule has 38 atom stereocenters. The van der Waals surface area contributed by atoms with Crippen LogP contribution in [0.1, 0.15) is 113 Å². The van der Waals surface area contributed by atoms with E-state index in [1.54, 1.807) is 0 Å². The number of rotatable bonds is 22. The molecule has 10 fully saturated rings. The monoisotopic (exact) mass is 1430 g/mol. The number of hydrogen-bond donors (Lipinski definition) is 16. The van der Waals surface area contributed by atoms with Crippen molar-refractivity contribution in [1.82, 2.24) is 0 Å². The molecule has 0 aromatic rings. The van der Waals surface area contributed by atoms with E-state index in [0.717, 1.165) is 31.3 Å². The molecule has 11 rings (SSSR count). The van der Waals surface area contributed by atoms with E-state index < -0.39 is 251 Å². The molecule has 0 amide bonds. The quantitative estimate of drug-likeness (QED) is 0.0279. The molecule has 570 valence electrons. The molecule has 32 nitrogen and oxygen atoms in total. The number of aliphatic hydroxyl groups excluding tert-OH is 16. The molecular formula is C67H110O32. The van der Waals surface area contributed by atoms with Gasteiger partial charge in [0.25, 0.3) is 0 Å². The van der Waals surface area contributed by atoms with Crippen LogP contribution in [0.4, 0.5) is 0 Å². The molecule has 1 spiro atoms. The first-order valence-electron chi connectivity index (χ1n) is 35.2. The number of methoxy groups -OCH3 is 2. The SMILES string of the molecule is CO[C@@H]1[C@@H](O)[C@H](O[C@@H]2[C@@H](O)[C@H](O[C@H]3[C@H](O)[C@@H](O)[C@H](O[C@H]4[C@H](O[C@H]5CC[C@]6(C)C7=C[C@H](O)[C@]89C(=O)O[C@@](C)(CCCC(C)C)[C@H]8CC[C@@]9(C)C7CCC6C5(C)C)OC[C@@H](O[C@@H]5O[C@H](CO)[C@@H](O)[C@H](O[C@@H]6O[C@H](CO)[C@@H](O)[C@H](OC)[C@H]6O)[C@H]5O)[C@@H]4O)O[C@@H]3C)O[C@H](CO)[C@H]2O)O[C@H](CO)[C@H]1O. The van der Waals surface area contributed by atoms with E-state index in [0.29, 0.717) is 38.0 Å². The highest BCUT2D eigenvalue weighted by Gasteiger charge is 2.79. The van der Waals surface area contributed by atoms with Crippen LogP contribution in [0.15, 0.2) is 11.6 Å². The zero-order chi connectivity index (χ0) is 72.1. The Labute approximate surface area is 575 Å². The van der Waals surface area contributed by atoms with E-state index in [4.69, 9.17) is 71.1 Å². The largest absolute Gasteiger partial charge is 0.459 e. The van der Waals surface area contributed by atoms with E-state index in [2.05, 4.69) is 41.5 Å². The predicted octanol–water partition coefficient (Wildman–Crippen LogP) is -4.03. The Kier molecular flexibility index (Phi) is 23.9. The first-order chi connectivity index (χ1) is 46.8. The molecular weight excluding hydrogens is 1320 g/mol. The fraction of sp³-hybridized carbons (Fsp3) is 0.955. The molecule has 7 saturated heterocycles. The second kappa shape index (κ2) is 30.3. The minimum absolute atomic E-state index is 0.0371. The number of hydrogen-bond acceptors (Lipinski definition) is 32. The van der Waals surface area contributed by atoms with Crippen molar-refractivity contribution in [2.75, 3.05) is 47.3 Å². The number of cyclic esters (lactones) is 1. The summed E-state index contributed by atoms with van der Waals surface area (Å²) in [5, 5.41) is 180. The number of allylic oxidation sites excluding steroid dienone is 1. The number of ether oxygens (including phenoxy) is 15. The van der Waals surface area contributed by atoms with E-state index in [1.165, 1.54) is 21.1 Å².